The zero-order valence-electron chi connectivity index (χ0n) is 15.5. The summed E-state index contributed by atoms with van der Waals surface area (Å²) in [7, 11) is 1.74. The van der Waals surface area contributed by atoms with E-state index in [4.69, 9.17) is 9.47 Å². The second-order valence-electron chi connectivity index (χ2n) is 6.54. The van der Waals surface area contributed by atoms with E-state index in [0.717, 1.165) is 36.2 Å². The number of methoxy groups -OCH3 is 1. The van der Waals surface area contributed by atoms with Gasteiger partial charge in [0, 0.05) is 21.5 Å². The van der Waals surface area contributed by atoms with E-state index in [0.29, 0.717) is 12.0 Å². The predicted octanol–water partition coefficient (Wildman–Crippen LogP) is 3.93. The number of quaternary nitrogens is 1. The summed E-state index contributed by atoms with van der Waals surface area (Å²) in [6.07, 6.45) is 1.19. The molecule has 3 rings (SSSR count). The Bertz CT molecular complexity index is 668. The lowest BCUT2D eigenvalue weighted by Gasteiger charge is -2.18. The molecule has 1 aliphatic rings. The third-order valence-electron chi connectivity index (χ3n) is 4.68. The van der Waals surface area contributed by atoms with Crippen molar-refractivity contribution in [1.29, 1.82) is 0 Å². The fourth-order valence-corrected chi connectivity index (χ4v) is 5.28. The van der Waals surface area contributed by atoms with Gasteiger partial charge in [-0.1, -0.05) is 31.2 Å². The van der Waals surface area contributed by atoms with Crippen LogP contribution in [0.2, 0.25) is 0 Å². The Labute approximate surface area is 165 Å². The number of hydrogen-bond acceptors (Lipinski definition) is 4. The Morgan fingerprint density at radius 2 is 2.04 bits per heavy atom. The van der Waals surface area contributed by atoms with E-state index in [-0.39, 0.29) is 0 Å². The molecule has 0 fully saturated rings. The van der Waals surface area contributed by atoms with E-state index in [9.17, 15) is 0 Å². The smallest absolute Gasteiger partial charge is 0.141 e. The molecule has 0 saturated carbocycles. The molecule has 0 radical (unpaired) electrons. The van der Waals surface area contributed by atoms with Gasteiger partial charge in [0.25, 0.3) is 0 Å². The molecule has 0 amide bonds. The first kappa shape index (κ1) is 19.5. The SMILES string of the molecule is CCC(C[NH2+]C1COc2ccccc2SC1)CSc1ccccc1OC. The van der Waals surface area contributed by atoms with E-state index < -0.39 is 0 Å². The van der Waals surface area contributed by atoms with Gasteiger partial charge in [-0.2, -0.15) is 0 Å². The predicted molar refractivity (Wildman–Crippen MR) is 111 cm³/mol. The van der Waals surface area contributed by atoms with Crippen LogP contribution >= 0.6 is 23.5 Å². The van der Waals surface area contributed by atoms with Crippen molar-refractivity contribution in [2.75, 3.05) is 31.8 Å². The van der Waals surface area contributed by atoms with Gasteiger partial charge in [0.1, 0.15) is 24.1 Å². The van der Waals surface area contributed by atoms with Crippen LogP contribution in [0, 0.1) is 5.92 Å². The molecule has 2 atom stereocenters. The van der Waals surface area contributed by atoms with Gasteiger partial charge in [0.2, 0.25) is 0 Å². The van der Waals surface area contributed by atoms with Crippen molar-refractivity contribution >= 4 is 23.5 Å². The zero-order valence-corrected chi connectivity index (χ0v) is 17.2. The minimum atomic E-state index is 0.512. The van der Waals surface area contributed by atoms with Gasteiger partial charge in [-0.05, 0) is 30.7 Å². The third-order valence-corrected chi connectivity index (χ3v) is 7.21. The molecule has 0 bridgehead atoms. The highest BCUT2D eigenvalue weighted by atomic mass is 32.2. The quantitative estimate of drug-likeness (QED) is 0.693. The summed E-state index contributed by atoms with van der Waals surface area (Å²) in [6, 6.07) is 17.2. The summed E-state index contributed by atoms with van der Waals surface area (Å²) < 4.78 is 11.5. The number of nitrogens with two attached hydrogens (primary N) is 1. The first-order valence-corrected chi connectivity index (χ1v) is 11.2. The van der Waals surface area contributed by atoms with Gasteiger partial charge in [0.05, 0.1) is 19.4 Å². The van der Waals surface area contributed by atoms with E-state index in [1.165, 1.54) is 16.2 Å². The molecular weight excluding hydrogens is 362 g/mol. The Kier molecular flexibility index (Phi) is 7.59. The summed E-state index contributed by atoms with van der Waals surface area (Å²) in [5, 5.41) is 2.48. The lowest BCUT2D eigenvalue weighted by molar-refractivity contribution is -0.690. The lowest BCUT2D eigenvalue weighted by atomic mass is 10.1. The zero-order chi connectivity index (χ0) is 18.2. The molecule has 5 heteroatoms. The number of fused-ring (bicyclic) bond motifs is 1. The first-order chi connectivity index (χ1) is 12.8. The second kappa shape index (κ2) is 10.1. The van der Waals surface area contributed by atoms with Crippen LogP contribution in [0.1, 0.15) is 13.3 Å². The molecule has 2 unspecified atom stereocenters. The van der Waals surface area contributed by atoms with Crippen LogP contribution in [0.5, 0.6) is 11.5 Å². The highest BCUT2D eigenvalue weighted by Gasteiger charge is 2.21. The van der Waals surface area contributed by atoms with Crippen LogP contribution in [-0.2, 0) is 0 Å². The Morgan fingerprint density at radius 1 is 1.23 bits per heavy atom. The standard InChI is InChI=1S/C21H27NO2S2/c1-3-16(14-25-20-10-6-4-8-18(20)23-2)12-22-17-13-24-19-9-5-7-11-21(19)26-15-17/h4-11,16-17,22H,3,12-15H2,1-2H3/p+1. The van der Waals surface area contributed by atoms with Crippen LogP contribution in [0.4, 0.5) is 0 Å². The Morgan fingerprint density at radius 3 is 2.88 bits per heavy atom. The largest absolute Gasteiger partial charge is 0.496 e. The maximum absolute atomic E-state index is 6.01. The summed E-state index contributed by atoms with van der Waals surface area (Å²) >= 11 is 3.82. The molecule has 2 aromatic carbocycles. The number of ether oxygens (including phenoxy) is 2. The number of benzene rings is 2. The van der Waals surface area contributed by atoms with Crippen molar-refractivity contribution in [3.05, 3.63) is 48.5 Å². The number of rotatable bonds is 8. The van der Waals surface area contributed by atoms with E-state index in [2.05, 4.69) is 42.6 Å². The van der Waals surface area contributed by atoms with Gasteiger partial charge in [-0.3, -0.25) is 0 Å². The van der Waals surface area contributed by atoms with Crippen molar-refractivity contribution in [3.63, 3.8) is 0 Å². The highest BCUT2D eigenvalue weighted by molar-refractivity contribution is 7.99. The highest BCUT2D eigenvalue weighted by Crippen LogP contribution is 2.32. The Balaban J connectivity index is 1.47. The topological polar surface area (TPSA) is 35.1 Å². The van der Waals surface area contributed by atoms with E-state index in [1.807, 2.05) is 41.7 Å². The summed E-state index contributed by atoms with van der Waals surface area (Å²) in [5.74, 6) is 4.91. The number of thioether (sulfide) groups is 2. The van der Waals surface area contributed by atoms with Crippen molar-refractivity contribution in [1.82, 2.24) is 0 Å². The molecule has 140 valence electrons. The summed E-state index contributed by atoms with van der Waals surface area (Å²) in [5.41, 5.74) is 0. The Hall–Kier alpha value is -1.30. The monoisotopic (exact) mass is 390 g/mol. The first-order valence-electron chi connectivity index (χ1n) is 9.24. The fraction of sp³-hybridized carbons (Fsp3) is 0.429. The van der Waals surface area contributed by atoms with Gasteiger partial charge >= 0.3 is 0 Å². The van der Waals surface area contributed by atoms with Gasteiger partial charge in [-0.15, -0.1) is 23.5 Å². The minimum Gasteiger partial charge on any atom is -0.496 e. The van der Waals surface area contributed by atoms with Crippen molar-refractivity contribution in [2.45, 2.75) is 29.2 Å². The van der Waals surface area contributed by atoms with Crippen molar-refractivity contribution < 1.29 is 14.8 Å². The second-order valence-corrected chi connectivity index (χ2v) is 8.66. The number of para-hydroxylation sites is 2. The molecule has 2 N–H and O–H groups in total. The summed E-state index contributed by atoms with van der Waals surface area (Å²) in [6.45, 7) is 4.22. The van der Waals surface area contributed by atoms with Crippen molar-refractivity contribution in [3.8, 4) is 11.5 Å². The molecule has 3 nitrogen and oxygen atoms in total. The lowest BCUT2D eigenvalue weighted by Crippen LogP contribution is -2.93. The van der Waals surface area contributed by atoms with E-state index >= 15 is 0 Å². The summed E-state index contributed by atoms with van der Waals surface area (Å²) in [4.78, 5) is 2.50. The normalized spacial score (nSPS) is 17.7. The maximum Gasteiger partial charge on any atom is 0.141 e. The van der Waals surface area contributed by atoms with Gasteiger partial charge < -0.3 is 14.8 Å². The van der Waals surface area contributed by atoms with Crippen LogP contribution in [0.25, 0.3) is 0 Å². The number of hydrogen-bond donors (Lipinski definition) is 1. The van der Waals surface area contributed by atoms with Crippen LogP contribution in [0.15, 0.2) is 58.3 Å². The molecule has 0 saturated heterocycles. The molecule has 0 spiro atoms. The molecule has 1 heterocycles. The molecular formula is C21H28NO2S2+. The minimum absolute atomic E-state index is 0.512. The average molecular weight is 391 g/mol. The molecule has 1 aliphatic heterocycles. The van der Waals surface area contributed by atoms with Gasteiger partial charge in [0.15, 0.2) is 0 Å². The molecule has 0 aromatic heterocycles. The average Bonchev–Trinajstić information content (AvgIpc) is 2.91. The molecule has 26 heavy (non-hydrogen) atoms. The van der Waals surface area contributed by atoms with Crippen LogP contribution in [0.3, 0.4) is 0 Å². The fourth-order valence-electron chi connectivity index (χ4n) is 2.95. The third kappa shape index (κ3) is 5.35. The van der Waals surface area contributed by atoms with Crippen LogP contribution in [-0.4, -0.2) is 37.8 Å². The van der Waals surface area contributed by atoms with Crippen molar-refractivity contribution in [2.24, 2.45) is 5.92 Å². The van der Waals surface area contributed by atoms with Crippen LogP contribution < -0.4 is 14.8 Å². The molecule has 2 aromatic rings. The maximum atomic E-state index is 6.01. The molecule has 0 aliphatic carbocycles. The van der Waals surface area contributed by atoms with Gasteiger partial charge in [-0.25, -0.2) is 0 Å². The van der Waals surface area contributed by atoms with E-state index in [1.54, 1.807) is 7.11 Å².